The maximum absolute atomic E-state index is 5.60. The minimum absolute atomic E-state index is 0.578. The van der Waals surface area contributed by atoms with E-state index in [0.29, 0.717) is 13.2 Å². The van der Waals surface area contributed by atoms with Gasteiger partial charge in [-0.25, -0.2) is 9.97 Å². The molecule has 6 heteroatoms. The highest BCUT2D eigenvalue weighted by Gasteiger charge is 2.12. The molecule has 0 fully saturated rings. The van der Waals surface area contributed by atoms with Crippen molar-refractivity contribution in [2.45, 2.75) is 26.7 Å². The third kappa shape index (κ3) is 4.03. The second-order valence-electron chi connectivity index (χ2n) is 5.45. The lowest BCUT2D eigenvalue weighted by Crippen LogP contribution is -2.15. The molecule has 0 saturated carbocycles. The van der Waals surface area contributed by atoms with Crippen LogP contribution in [0.2, 0.25) is 0 Å². The molecule has 2 heterocycles. The van der Waals surface area contributed by atoms with Gasteiger partial charge in [0.1, 0.15) is 30.7 Å². The van der Waals surface area contributed by atoms with Gasteiger partial charge in [0.15, 0.2) is 11.5 Å². The Hall–Kier alpha value is -2.50. The molecule has 1 aliphatic heterocycles. The van der Waals surface area contributed by atoms with Crippen LogP contribution < -0.4 is 20.1 Å². The number of rotatable bonds is 6. The van der Waals surface area contributed by atoms with Crippen LogP contribution in [-0.4, -0.2) is 29.7 Å². The van der Waals surface area contributed by atoms with E-state index in [-0.39, 0.29) is 0 Å². The average Bonchev–Trinajstić information content (AvgIpc) is 2.54. The summed E-state index contributed by atoms with van der Waals surface area (Å²) in [6.07, 6.45) is 2.27. The summed E-state index contributed by atoms with van der Waals surface area (Å²) in [6, 6.07) is 7.70. The monoisotopic (exact) mass is 314 g/mol. The Balaban J connectivity index is 1.74. The number of benzene rings is 1. The molecule has 6 nitrogen and oxygen atoms in total. The first-order valence-electron chi connectivity index (χ1n) is 8.01. The second kappa shape index (κ2) is 7.17. The zero-order valence-electron chi connectivity index (χ0n) is 13.6. The predicted molar refractivity (Wildman–Crippen MR) is 90.9 cm³/mol. The van der Waals surface area contributed by atoms with Crippen LogP contribution in [0.4, 0.5) is 17.3 Å². The van der Waals surface area contributed by atoms with Crippen LogP contribution >= 0.6 is 0 Å². The summed E-state index contributed by atoms with van der Waals surface area (Å²) < 4.78 is 11.1. The minimum Gasteiger partial charge on any atom is -0.486 e. The van der Waals surface area contributed by atoms with E-state index in [9.17, 15) is 0 Å². The first-order valence-corrected chi connectivity index (χ1v) is 8.01. The van der Waals surface area contributed by atoms with Crippen molar-refractivity contribution >= 4 is 17.3 Å². The van der Waals surface area contributed by atoms with Crippen LogP contribution in [0.25, 0.3) is 0 Å². The highest BCUT2D eigenvalue weighted by atomic mass is 16.6. The molecule has 3 rings (SSSR count). The van der Waals surface area contributed by atoms with E-state index in [2.05, 4.69) is 27.5 Å². The van der Waals surface area contributed by atoms with Crippen molar-refractivity contribution < 1.29 is 9.47 Å². The van der Waals surface area contributed by atoms with Crippen molar-refractivity contribution in [2.24, 2.45) is 0 Å². The van der Waals surface area contributed by atoms with Gasteiger partial charge in [-0.3, -0.25) is 0 Å². The molecule has 2 aromatic rings. The largest absolute Gasteiger partial charge is 0.486 e. The Kier molecular flexibility index (Phi) is 4.80. The normalized spacial score (nSPS) is 12.8. The Bertz CT molecular complexity index is 676. The molecular weight excluding hydrogens is 292 g/mol. The number of unbranched alkanes of at least 4 members (excludes halogenated alkanes) is 1. The summed E-state index contributed by atoms with van der Waals surface area (Å²) in [4.78, 5) is 8.85. The lowest BCUT2D eigenvalue weighted by atomic mass is 10.2. The van der Waals surface area contributed by atoms with E-state index in [1.165, 1.54) is 0 Å². The van der Waals surface area contributed by atoms with Crippen molar-refractivity contribution in [1.29, 1.82) is 0 Å². The Morgan fingerprint density at radius 3 is 2.65 bits per heavy atom. The van der Waals surface area contributed by atoms with Gasteiger partial charge in [0, 0.05) is 24.4 Å². The summed E-state index contributed by atoms with van der Waals surface area (Å²) in [5.41, 5.74) is 0.909. The van der Waals surface area contributed by atoms with Gasteiger partial charge in [-0.1, -0.05) is 13.3 Å². The third-order valence-corrected chi connectivity index (χ3v) is 3.49. The number of fused-ring (bicyclic) bond motifs is 1. The second-order valence-corrected chi connectivity index (χ2v) is 5.45. The summed E-state index contributed by atoms with van der Waals surface area (Å²) in [6.45, 7) is 6.14. The van der Waals surface area contributed by atoms with Gasteiger partial charge in [-0.2, -0.15) is 0 Å². The third-order valence-electron chi connectivity index (χ3n) is 3.49. The lowest BCUT2D eigenvalue weighted by Gasteiger charge is -2.19. The van der Waals surface area contributed by atoms with Crippen molar-refractivity contribution in [3.05, 3.63) is 30.1 Å². The standard InChI is InChI=1S/C17H22N4O2/c1-3-4-7-18-16-11-17(20-12(2)19-16)21-13-5-6-14-15(10-13)23-9-8-22-14/h5-6,10-11H,3-4,7-9H2,1-2H3,(H2,18,19,20,21). The van der Waals surface area contributed by atoms with Crippen LogP contribution in [-0.2, 0) is 0 Å². The number of aromatic nitrogens is 2. The van der Waals surface area contributed by atoms with Gasteiger partial charge in [0.25, 0.3) is 0 Å². The summed E-state index contributed by atoms with van der Waals surface area (Å²) in [5, 5.41) is 6.63. The summed E-state index contributed by atoms with van der Waals surface area (Å²) in [5.74, 6) is 3.86. The maximum atomic E-state index is 5.60. The quantitative estimate of drug-likeness (QED) is 0.795. The Labute approximate surface area is 136 Å². The molecule has 2 N–H and O–H groups in total. The molecule has 0 atom stereocenters. The number of hydrogen-bond acceptors (Lipinski definition) is 6. The molecule has 0 spiro atoms. The van der Waals surface area contributed by atoms with Crippen molar-refractivity contribution in [3.8, 4) is 11.5 Å². The van der Waals surface area contributed by atoms with Crippen molar-refractivity contribution in [1.82, 2.24) is 9.97 Å². The topological polar surface area (TPSA) is 68.3 Å². The highest BCUT2D eigenvalue weighted by molar-refractivity contribution is 5.63. The molecule has 23 heavy (non-hydrogen) atoms. The summed E-state index contributed by atoms with van der Waals surface area (Å²) in [7, 11) is 0. The Morgan fingerprint density at radius 1 is 1.04 bits per heavy atom. The van der Waals surface area contributed by atoms with Crippen molar-refractivity contribution in [3.63, 3.8) is 0 Å². The highest BCUT2D eigenvalue weighted by Crippen LogP contribution is 2.33. The minimum atomic E-state index is 0.578. The zero-order chi connectivity index (χ0) is 16.1. The average molecular weight is 314 g/mol. The van der Waals surface area contributed by atoms with Crippen LogP contribution in [0.15, 0.2) is 24.3 Å². The van der Waals surface area contributed by atoms with Gasteiger partial charge >= 0.3 is 0 Å². The molecule has 0 bridgehead atoms. The van der Waals surface area contributed by atoms with Crippen LogP contribution in [0, 0.1) is 6.92 Å². The fourth-order valence-corrected chi connectivity index (χ4v) is 2.38. The number of nitrogens with zero attached hydrogens (tertiary/aromatic N) is 2. The molecule has 122 valence electrons. The summed E-state index contributed by atoms with van der Waals surface area (Å²) >= 11 is 0. The Morgan fingerprint density at radius 2 is 1.83 bits per heavy atom. The molecule has 1 aromatic heterocycles. The predicted octanol–water partition coefficient (Wildman–Crippen LogP) is 3.51. The van der Waals surface area contributed by atoms with Gasteiger partial charge < -0.3 is 20.1 Å². The van der Waals surface area contributed by atoms with Crippen LogP contribution in [0.1, 0.15) is 25.6 Å². The van der Waals surface area contributed by atoms with Gasteiger partial charge in [0.05, 0.1) is 0 Å². The van der Waals surface area contributed by atoms with Crippen LogP contribution in [0.5, 0.6) is 11.5 Å². The number of hydrogen-bond donors (Lipinski definition) is 2. The van der Waals surface area contributed by atoms with E-state index in [1.54, 1.807) is 0 Å². The molecule has 0 aliphatic carbocycles. The molecular formula is C17H22N4O2. The maximum Gasteiger partial charge on any atom is 0.163 e. The van der Waals surface area contributed by atoms with Gasteiger partial charge in [-0.05, 0) is 25.5 Å². The first-order chi connectivity index (χ1) is 11.2. The zero-order valence-corrected chi connectivity index (χ0v) is 13.6. The number of nitrogens with one attached hydrogen (secondary N) is 2. The SMILES string of the molecule is CCCCNc1cc(Nc2ccc3c(c2)OCCO3)nc(C)n1. The molecule has 0 amide bonds. The molecule has 0 radical (unpaired) electrons. The first kappa shape index (κ1) is 15.4. The molecule has 1 aromatic carbocycles. The van der Waals surface area contributed by atoms with Gasteiger partial charge in [-0.15, -0.1) is 0 Å². The van der Waals surface area contributed by atoms with E-state index in [0.717, 1.165) is 54.0 Å². The number of anilines is 3. The van der Waals surface area contributed by atoms with E-state index >= 15 is 0 Å². The molecule has 0 saturated heterocycles. The van der Waals surface area contributed by atoms with Gasteiger partial charge in [0.2, 0.25) is 0 Å². The fourth-order valence-electron chi connectivity index (χ4n) is 2.38. The van der Waals surface area contributed by atoms with E-state index < -0.39 is 0 Å². The fraction of sp³-hybridized carbons (Fsp3) is 0.412. The number of ether oxygens (including phenoxy) is 2. The lowest BCUT2D eigenvalue weighted by molar-refractivity contribution is 0.171. The van der Waals surface area contributed by atoms with E-state index in [4.69, 9.17) is 9.47 Å². The van der Waals surface area contributed by atoms with Crippen molar-refractivity contribution in [2.75, 3.05) is 30.4 Å². The van der Waals surface area contributed by atoms with E-state index in [1.807, 2.05) is 31.2 Å². The van der Waals surface area contributed by atoms with Crippen LogP contribution in [0.3, 0.4) is 0 Å². The molecule has 0 unspecified atom stereocenters. The smallest absolute Gasteiger partial charge is 0.163 e. The molecule has 1 aliphatic rings. The number of aryl methyl sites for hydroxylation is 1.